The summed E-state index contributed by atoms with van der Waals surface area (Å²) in [5, 5.41) is 7.50. The van der Waals surface area contributed by atoms with Crippen LogP contribution in [0.2, 0.25) is 0 Å². The first-order valence-electron chi connectivity index (χ1n) is 7.07. The number of aromatic nitrogens is 2. The number of carbonyl (C=O) groups excluding carboxylic acids is 2. The molecule has 1 aromatic heterocycles. The van der Waals surface area contributed by atoms with Crippen molar-refractivity contribution in [2.24, 2.45) is 4.99 Å². The van der Waals surface area contributed by atoms with Gasteiger partial charge >= 0.3 is 0 Å². The minimum Gasteiger partial charge on any atom is -0.292 e. The summed E-state index contributed by atoms with van der Waals surface area (Å²) in [6.45, 7) is 0. The number of benzene rings is 1. The smallest absolute Gasteiger partial charge is 0.184 e. The Kier molecular flexibility index (Phi) is 3.91. The molecule has 0 aliphatic carbocycles. The minimum absolute atomic E-state index is 0.0139. The Morgan fingerprint density at radius 1 is 1.18 bits per heavy atom. The number of aliphatic imine (C=N–C) groups is 1. The highest BCUT2D eigenvalue weighted by molar-refractivity contribution is 6.08. The third-order valence-corrected chi connectivity index (χ3v) is 3.55. The van der Waals surface area contributed by atoms with Crippen molar-refractivity contribution in [3.8, 4) is 0 Å². The topological polar surface area (TPSA) is 75.2 Å². The molecule has 1 N–H and O–H groups in total. The molecule has 2 heterocycles. The lowest BCUT2D eigenvalue weighted by molar-refractivity contribution is -0.115. The molecule has 0 saturated heterocycles. The van der Waals surface area contributed by atoms with Crippen molar-refractivity contribution in [2.75, 3.05) is 0 Å². The van der Waals surface area contributed by atoms with Gasteiger partial charge in [-0.05, 0) is 12.5 Å². The molecule has 0 saturated carbocycles. The van der Waals surface area contributed by atoms with Gasteiger partial charge in [0, 0.05) is 30.9 Å². The van der Waals surface area contributed by atoms with Gasteiger partial charge in [-0.1, -0.05) is 18.2 Å². The number of aromatic amines is 1. The van der Waals surface area contributed by atoms with Gasteiger partial charge in [-0.15, -0.1) is 0 Å². The van der Waals surface area contributed by atoms with Crippen molar-refractivity contribution >= 4 is 28.7 Å². The average molecular weight is 299 g/mol. The van der Waals surface area contributed by atoms with Crippen molar-refractivity contribution < 1.29 is 14.0 Å². The third kappa shape index (κ3) is 2.72. The fourth-order valence-corrected chi connectivity index (χ4v) is 2.40. The van der Waals surface area contributed by atoms with E-state index in [-0.39, 0.29) is 30.7 Å². The summed E-state index contributed by atoms with van der Waals surface area (Å²) < 4.78 is 13.5. The molecule has 0 unspecified atom stereocenters. The second-order valence-electron chi connectivity index (χ2n) is 5.07. The lowest BCUT2D eigenvalue weighted by Gasteiger charge is -2.07. The molecule has 0 amide bonds. The molecule has 0 fully saturated rings. The first kappa shape index (κ1) is 14.3. The second-order valence-corrected chi connectivity index (χ2v) is 5.07. The molecule has 2 aromatic rings. The lowest BCUT2D eigenvalue weighted by atomic mass is 10.0. The number of allylic oxidation sites excluding steroid dienone is 2. The van der Waals surface area contributed by atoms with Crippen molar-refractivity contribution in [3.05, 3.63) is 41.5 Å². The van der Waals surface area contributed by atoms with Crippen LogP contribution < -0.4 is 0 Å². The highest BCUT2D eigenvalue weighted by Crippen LogP contribution is 2.21. The predicted octanol–water partition coefficient (Wildman–Crippen LogP) is 3.14. The summed E-state index contributed by atoms with van der Waals surface area (Å²) in [7, 11) is 0. The van der Waals surface area contributed by atoms with E-state index in [1.54, 1.807) is 6.07 Å². The molecule has 22 heavy (non-hydrogen) atoms. The van der Waals surface area contributed by atoms with E-state index in [4.69, 9.17) is 0 Å². The number of carbonyl (C=O) groups is 2. The summed E-state index contributed by atoms with van der Waals surface area (Å²) in [4.78, 5) is 28.0. The number of halogens is 1. The Labute approximate surface area is 125 Å². The molecule has 3 rings (SSSR count). The number of nitrogens with zero attached hydrogens (tertiary/aromatic N) is 2. The summed E-state index contributed by atoms with van der Waals surface area (Å²) >= 11 is 0. The van der Waals surface area contributed by atoms with Crippen LogP contribution in [0.5, 0.6) is 0 Å². The third-order valence-electron chi connectivity index (χ3n) is 3.55. The molecule has 1 aliphatic heterocycles. The van der Waals surface area contributed by atoms with E-state index < -0.39 is 11.6 Å². The predicted molar refractivity (Wildman–Crippen MR) is 80.5 cm³/mol. The van der Waals surface area contributed by atoms with Crippen molar-refractivity contribution in [1.29, 1.82) is 0 Å². The average Bonchev–Trinajstić information content (AvgIpc) is 2.97. The van der Waals surface area contributed by atoms with Gasteiger partial charge in [0.25, 0.3) is 0 Å². The quantitative estimate of drug-likeness (QED) is 0.862. The maximum atomic E-state index is 13.5. The summed E-state index contributed by atoms with van der Waals surface area (Å²) in [5.74, 6) is -1.18. The number of H-pyrrole nitrogens is 1. The molecule has 5 nitrogen and oxygen atoms in total. The van der Waals surface area contributed by atoms with Gasteiger partial charge in [0.15, 0.2) is 11.6 Å². The Morgan fingerprint density at radius 2 is 1.95 bits per heavy atom. The van der Waals surface area contributed by atoms with E-state index in [0.29, 0.717) is 12.1 Å². The van der Waals surface area contributed by atoms with Gasteiger partial charge in [0.2, 0.25) is 0 Å². The van der Waals surface area contributed by atoms with Gasteiger partial charge in [-0.3, -0.25) is 19.7 Å². The largest absolute Gasteiger partial charge is 0.292 e. The van der Waals surface area contributed by atoms with Gasteiger partial charge in [-0.2, -0.15) is 5.10 Å². The van der Waals surface area contributed by atoms with Crippen LogP contribution in [0, 0.1) is 0 Å². The Morgan fingerprint density at radius 3 is 2.77 bits per heavy atom. The Bertz CT molecular complexity index is 805. The molecule has 0 radical (unpaired) electrons. The number of para-hydroxylation sites is 1. The van der Waals surface area contributed by atoms with Gasteiger partial charge in [0.1, 0.15) is 17.2 Å². The van der Waals surface area contributed by atoms with Crippen molar-refractivity contribution in [1.82, 2.24) is 10.2 Å². The van der Waals surface area contributed by atoms with Crippen LogP contribution in [0.3, 0.4) is 0 Å². The molecule has 112 valence electrons. The zero-order chi connectivity index (χ0) is 15.5. The Balaban J connectivity index is 1.70. The number of hydrogen-bond acceptors (Lipinski definition) is 4. The zero-order valence-electron chi connectivity index (χ0n) is 11.8. The lowest BCUT2D eigenvalue weighted by Crippen LogP contribution is -2.10. The molecular formula is C16H14FN3O2. The molecule has 0 atom stereocenters. The fourth-order valence-electron chi connectivity index (χ4n) is 2.40. The van der Waals surface area contributed by atoms with Crippen LogP contribution in [0.1, 0.15) is 36.2 Å². The molecule has 1 aliphatic rings. The number of Topliss-reactive ketones (excluding diaryl/α,β-unsaturated/α-hetero) is 2. The number of nitrogens with one attached hydrogen (secondary N) is 1. The summed E-state index contributed by atoms with van der Waals surface area (Å²) in [6.07, 6.45) is 2.14. The van der Waals surface area contributed by atoms with Crippen LogP contribution in [0.15, 0.2) is 40.8 Å². The first-order valence-corrected chi connectivity index (χ1v) is 7.07. The molecule has 0 bridgehead atoms. The summed E-state index contributed by atoms with van der Waals surface area (Å²) in [5.41, 5.74) is 0.929. The van der Waals surface area contributed by atoms with Gasteiger partial charge < -0.3 is 0 Å². The number of hydrogen-bond donors (Lipinski definition) is 1. The highest BCUT2D eigenvalue weighted by Gasteiger charge is 2.20. The van der Waals surface area contributed by atoms with E-state index in [0.717, 1.165) is 10.9 Å². The maximum Gasteiger partial charge on any atom is 0.184 e. The molecule has 1 aromatic carbocycles. The van der Waals surface area contributed by atoms with Crippen LogP contribution in [-0.2, 0) is 4.79 Å². The number of ketones is 2. The fraction of sp³-hybridized carbons (Fsp3) is 0.250. The molecule has 0 spiro atoms. The van der Waals surface area contributed by atoms with E-state index in [1.165, 1.54) is 6.21 Å². The zero-order valence-corrected chi connectivity index (χ0v) is 11.8. The van der Waals surface area contributed by atoms with Crippen LogP contribution in [0.4, 0.5) is 4.39 Å². The van der Waals surface area contributed by atoms with Crippen LogP contribution in [-0.4, -0.2) is 28.0 Å². The van der Waals surface area contributed by atoms with Crippen LogP contribution in [0.25, 0.3) is 10.9 Å². The monoisotopic (exact) mass is 299 g/mol. The van der Waals surface area contributed by atoms with Gasteiger partial charge in [0.05, 0.1) is 5.52 Å². The highest BCUT2D eigenvalue weighted by atomic mass is 19.1. The first-order chi connectivity index (χ1) is 10.7. The minimum atomic E-state index is -0.495. The Hall–Kier alpha value is -2.63. The SMILES string of the molecule is O=C(CCC(=O)c1n[nH]c2ccccc12)C1=C(F)CCC=N1. The molecule has 6 heteroatoms. The second kappa shape index (κ2) is 6.01. The van der Waals surface area contributed by atoms with E-state index in [2.05, 4.69) is 15.2 Å². The molecular weight excluding hydrogens is 285 g/mol. The normalized spacial score (nSPS) is 14.6. The van der Waals surface area contributed by atoms with E-state index >= 15 is 0 Å². The van der Waals surface area contributed by atoms with Crippen molar-refractivity contribution in [2.45, 2.75) is 25.7 Å². The number of fused-ring (bicyclic) bond motifs is 1. The van der Waals surface area contributed by atoms with Gasteiger partial charge in [-0.25, -0.2) is 4.39 Å². The maximum absolute atomic E-state index is 13.5. The number of rotatable bonds is 5. The van der Waals surface area contributed by atoms with Crippen LogP contribution >= 0.6 is 0 Å². The van der Waals surface area contributed by atoms with E-state index in [1.807, 2.05) is 18.2 Å². The van der Waals surface area contributed by atoms with Crippen molar-refractivity contribution in [3.63, 3.8) is 0 Å². The van der Waals surface area contributed by atoms with E-state index in [9.17, 15) is 14.0 Å². The standard InChI is InChI=1S/C16H14FN3O2/c17-11-5-3-9-18-16(11)14(22)8-7-13(21)15-10-4-1-2-6-12(10)19-20-15/h1-2,4,6,9H,3,5,7-8H2,(H,19,20). The summed E-state index contributed by atoms with van der Waals surface area (Å²) in [6, 6.07) is 7.27.